The van der Waals surface area contributed by atoms with E-state index in [2.05, 4.69) is 27.6 Å². The van der Waals surface area contributed by atoms with Crippen LogP contribution in [0.15, 0.2) is 53.4 Å². The van der Waals surface area contributed by atoms with Crippen LogP contribution in [0.2, 0.25) is 0 Å². The molecule has 2 atom stereocenters. The molecule has 3 aromatic heterocycles. The fraction of sp³-hybridized carbons (Fsp3) is 0.333. The Balaban J connectivity index is 1.42. The van der Waals surface area contributed by atoms with E-state index in [1.165, 1.54) is 28.2 Å². The Hall–Kier alpha value is -3.47. The standard InChI is InChI=1S/C27H29FN6O2S/c1-26(8-9-29-14-26)18-10-20(17-4-6-19(28)7-5-17)32-24(11-18)27(2,36)15-30-25(35)23-12-21(33-34(23)3)22-13-37-16-31-22/h4-7,10-13,16,29,36H,8-9,14-15H2,1-3H3,(H,30,35). The van der Waals surface area contributed by atoms with E-state index >= 15 is 0 Å². The highest BCUT2D eigenvalue weighted by Gasteiger charge is 2.34. The number of nitrogens with zero attached hydrogens (tertiary/aromatic N) is 4. The predicted octanol–water partition coefficient (Wildman–Crippen LogP) is 3.63. The highest BCUT2D eigenvalue weighted by molar-refractivity contribution is 7.07. The molecule has 3 N–H and O–H groups in total. The lowest BCUT2D eigenvalue weighted by Crippen LogP contribution is -2.40. The topological polar surface area (TPSA) is 105 Å². The van der Waals surface area contributed by atoms with Crippen molar-refractivity contribution in [2.24, 2.45) is 7.05 Å². The van der Waals surface area contributed by atoms with Crippen LogP contribution >= 0.6 is 11.3 Å². The Bertz CT molecular complexity index is 1410. The summed E-state index contributed by atoms with van der Waals surface area (Å²) in [5.74, 6) is -0.687. The third-order valence-electron chi connectivity index (χ3n) is 6.98. The molecule has 0 radical (unpaired) electrons. The third kappa shape index (κ3) is 5.18. The van der Waals surface area contributed by atoms with Gasteiger partial charge in [-0.3, -0.25) is 9.48 Å². The highest BCUT2D eigenvalue weighted by Crippen LogP contribution is 2.35. The quantitative estimate of drug-likeness (QED) is 0.344. The van der Waals surface area contributed by atoms with Crippen LogP contribution in [0.1, 0.15) is 42.0 Å². The minimum atomic E-state index is -1.46. The van der Waals surface area contributed by atoms with E-state index in [4.69, 9.17) is 4.98 Å². The van der Waals surface area contributed by atoms with Gasteiger partial charge in [-0.25, -0.2) is 14.4 Å². The average Bonchev–Trinajstić information content (AvgIpc) is 3.65. The molecule has 4 heterocycles. The molecule has 0 saturated carbocycles. The number of benzene rings is 1. The third-order valence-corrected chi connectivity index (χ3v) is 7.57. The second kappa shape index (κ2) is 9.77. The van der Waals surface area contributed by atoms with Gasteiger partial charge in [-0.05, 0) is 67.9 Å². The number of aromatic nitrogens is 4. The SMILES string of the molecule is Cn1nc(-c2cscn2)cc1C(=O)NCC(C)(O)c1cc(C2(C)CCNC2)cc(-c2ccc(F)cc2)n1. The van der Waals surface area contributed by atoms with E-state index in [-0.39, 0.29) is 23.7 Å². The maximum absolute atomic E-state index is 13.6. The maximum Gasteiger partial charge on any atom is 0.269 e. The molecule has 1 aromatic carbocycles. The van der Waals surface area contributed by atoms with Crippen molar-refractivity contribution in [1.82, 2.24) is 30.4 Å². The van der Waals surface area contributed by atoms with E-state index < -0.39 is 5.60 Å². The molecule has 5 rings (SSSR count). The minimum absolute atomic E-state index is 0.0582. The van der Waals surface area contributed by atoms with Crippen molar-refractivity contribution >= 4 is 17.2 Å². The van der Waals surface area contributed by atoms with Gasteiger partial charge in [0.1, 0.15) is 28.5 Å². The number of thiazole rings is 1. The number of hydrogen-bond donors (Lipinski definition) is 3. The molecule has 4 aromatic rings. The van der Waals surface area contributed by atoms with Crippen molar-refractivity contribution in [2.75, 3.05) is 19.6 Å². The number of carbonyl (C=O) groups is 1. The van der Waals surface area contributed by atoms with E-state index in [1.807, 2.05) is 17.5 Å². The molecule has 2 unspecified atom stereocenters. The van der Waals surface area contributed by atoms with Crippen molar-refractivity contribution in [3.05, 3.63) is 76.1 Å². The largest absolute Gasteiger partial charge is 0.382 e. The average molecular weight is 521 g/mol. The van der Waals surface area contributed by atoms with Crippen LogP contribution in [0.25, 0.3) is 22.6 Å². The first-order valence-electron chi connectivity index (χ1n) is 12.1. The van der Waals surface area contributed by atoms with E-state index in [1.54, 1.807) is 37.7 Å². The molecule has 1 aliphatic heterocycles. The normalized spacial score (nSPS) is 19.1. The first kappa shape index (κ1) is 25.2. The molecule has 0 spiro atoms. The zero-order valence-electron chi connectivity index (χ0n) is 21.0. The van der Waals surface area contributed by atoms with E-state index in [0.29, 0.717) is 28.5 Å². The number of nitrogens with one attached hydrogen (secondary N) is 2. The molecule has 8 nitrogen and oxygen atoms in total. The number of aliphatic hydroxyl groups is 1. The summed E-state index contributed by atoms with van der Waals surface area (Å²) in [6.07, 6.45) is 0.944. The predicted molar refractivity (Wildman–Crippen MR) is 141 cm³/mol. The summed E-state index contributed by atoms with van der Waals surface area (Å²) in [6.45, 7) is 5.46. The lowest BCUT2D eigenvalue weighted by molar-refractivity contribution is 0.0486. The molecule has 0 aliphatic carbocycles. The molecule has 1 fully saturated rings. The summed E-state index contributed by atoms with van der Waals surface area (Å²) in [7, 11) is 1.69. The Morgan fingerprint density at radius 1 is 1.24 bits per heavy atom. The van der Waals surface area contributed by atoms with Gasteiger partial charge in [-0.15, -0.1) is 11.3 Å². The first-order valence-corrected chi connectivity index (χ1v) is 13.0. The van der Waals surface area contributed by atoms with Crippen LogP contribution in [0, 0.1) is 5.82 Å². The van der Waals surface area contributed by atoms with Crippen molar-refractivity contribution in [1.29, 1.82) is 0 Å². The first-order chi connectivity index (χ1) is 17.6. The molecular formula is C27H29FN6O2S. The minimum Gasteiger partial charge on any atom is -0.382 e. The Morgan fingerprint density at radius 2 is 2.03 bits per heavy atom. The van der Waals surface area contributed by atoms with Gasteiger partial charge in [0.15, 0.2) is 0 Å². The van der Waals surface area contributed by atoms with E-state index in [0.717, 1.165) is 30.6 Å². The van der Waals surface area contributed by atoms with Crippen LogP contribution in [0.5, 0.6) is 0 Å². The highest BCUT2D eigenvalue weighted by atomic mass is 32.1. The van der Waals surface area contributed by atoms with Crippen LogP contribution in [-0.4, -0.2) is 50.4 Å². The van der Waals surface area contributed by atoms with Crippen LogP contribution in [0.4, 0.5) is 4.39 Å². The van der Waals surface area contributed by atoms with Gasteiger partial charge in [0.25, 0.3) is 5.91 Å². The van der Waals surface area contributed by atoms with Gasteiger partial charge in [0.2, 0.25) is 0 Å². The summed E-state index contributed by atoms with van der Waals surface area (Å²) in [5, 5.41) is 24.0. The van der Waals surface area contributed by atoms with Crippen molar-refractivity contribution in [3.8, 4) is 22.6 Å². The van der Waals surface area contributed by atoms with Crippen molar-refractivity contribution in [3.63, 3.8) is 0 Å². The number of halogens is 1. The number of amides is 1. The van der Waals surface area contributed by atoms with Gasteiger partial charge < -0.3 is 15.7 Å². The van der Waals surface area contributed by atoms with Crippen LogP contribution in [0.3, 0.4) is 0 Å². The summed E-state index contributed by atoms with van der Waals surface area (Å²) in [5.41, 5.74) is 4.66. The number of pyridine rings is 1. The maximum atomic E-state index is 13.6. The zero-order valence-corrected chi connectivity index (χ0v) is 21.8. The van der Waals surface area contributed by atoms with Gasteiger partial charge in [0.05, 0.1) is 23.4 Å². The zero-order chi connectivity index (χ0) is 26.2. The summed E-state index contributed by atoms with van der Waals surface area (Å²) < 4.78 is 15.1. The number of rotatable bonds is 7. The van der Waals surface area contributed by atoms with Crippen LogP contribution in [-0.2, 0) is 18.1 Å². The van der Waals surface area contributed by atoms with Gasteiger partial charge in [0, 0.05) is 30.0 Å². The van der Waals surface area contributed by atoms with Crippen molar-refractivity contribution < 1.29 is 14.3 Å². The molecule has 37 heavy (non-hydrogen) atoms. The summed E-state index contributed by atoms with van der Waals surface area (Å²) in [6, 6.07) is 11.8. The fourth-order valence-corrected chi connectivity index (χ4v) is 5.11. The summed E-state index contributed by atoms with van der Waals surface area (Å²) >= 11 is 1.46. The number of carbonyl (C=O) groups excluding carboxylic acids is 1. The lowest BCUT2D eigenvalue weighted by Gasteiger charge is -2.29. The Kier molecular flexibility index (Phi) is 6.65. The molecular weight excluding hydrogens is 491 g/mol. The Morgan fingerprint density at radius 3 is 2.70 bits per heavy atom. The molecule has 192 valence electrons. The molecule has 1 saturated heterocycles. The Labute approximate surface area is 218 Å². The summed E-state index contributed by atoms with van der Waals surface area (Å²) in [4.78, 5) is 22.0. The van der Waals surface area contributed by atoms with E-state index in [9.17, 15) is 14.3 Å². The second-order valence-electron chi connectivity index (χ2n) is 9.99. The molecule has 0 bridgehead atoms. The monoisotopic (exact) mass is 520 g/mol. The lowest BCUT2D eigenvalue weighted by atomic mass is 9.80. The molecule has 1 aliphatic rings. The van der Waals surface area contributed by atoms with Gasteiger partial charge >= 0.3 is 0 Å². The van der Waals surface area contributed by atoms with Crippen LogP contribution < -0.4 is 10.6 Å². The van der Waals surface area contributed by atoms with Crippen molar-refractivity contribution in [2.45, 2.75) is 31.3 Å². The molecule has 1 amide bonds. The molecule has 10 heteroatoms. The van der Waals surface area contributed by atoms with Gasteiger partial charge in [-0.1, -0.05) is 6.92 Å². The number of hydrogen-bond acceptors (Lipinski definition) is 7. The number of aryl methyl sites for hydroxylation is 1. The fourth-order valence-electron chi connectivity index (χ4n) is 4.56. The smallest absolute Gasteiger partial charge is 0.269 e. The second-order valence-corrected chi connectivity index (χ2v) is 10.7. The van der Waals surface area contributed by atoms with Gasteiger partial charge in [-0.2, -0.15) is 5.10 Å².